The predicted octanol–water partition coefficient (Wildman–Crippen LogP) is 13.2. The lowest BCUT2D eigenvalue weighted by Crippen LogP contribution is -2.10. The quantitative estimate of drug-likeness (QED) is 0.183. The molecule has 0 saturated carbocycles. The van der Waals surface area contributed by atoms with Crippen molar-refractivity contribution in [3.8, 4) is 33.4 Å². The van der Waals surface area contributed by atoms with Crippen LogP contribution in [0.1, 0.15) is 17.8 Å². The Morgan fingerprint density at radius 1 is 0.417 bits per heavy atom. The van der Waals surface area contributed by atoms with Crippen molar-refractivity contribution in [2.45, 2.75) is 0 Å². The highest BCUT2D eigenvalue weighted by Gasteiger charge is 2.20. The molecule has 1 aromatic heterocycles. The third-order valence-electron chi connectivity index (χ3n) is 8.31. The molecule has 0 aliphatic rings. The maximum absolute atomic E-state index is 9.54. The van der Waals surface area contributed by atoms with Crippen molar-refractivity contribution >= 4 is 49.8 Å². The van der Waals surface area contributed by atoms with Gasteiger partial charge in [0.2, 0.25) is 0 Å². The minimum absolute atomic E-state index is 0.00726. The first-order chi connectivity index (χ1) is 29.2. The fourth-order valence-electron chi connectivity index (χ4n) is 6.01. The molecule has 2 heteroatoms. The highest BCUT2D eigenvalue weighted by atomic mass is 16.3. The van der Waals surface area contributed by atoms with E-state index in [0.717, 1.165) is 21.9 Å². The molecule has 0 fully saturated rings. The van der Waals surface area contributed by atoms with Crippen LogP contribution in [0.15, 0.2) is 192 Å². The Morgan fingerprint density at radius 2 is 1.00 bits per heavy atom. The van der Waals surface area contributed by atoms with Crippen LogP contribution in [0.4, 0.5) is 17.1 Å². The van der Waals surface area contributed by atoms with Gasteiger partial charge in [-0.2, -0.15) is 0 Å². The van der Waals surface area contributed by atoms with Crippen molar-refractivity contribution in [1.82, 2.24) is 0 Å². The molecule has 9 aromatic rings. The maximum atomic E-state index is 9.54. The zero-order chi connectivity index (χ0) is 43.2. The summed E-state index contributed by atoms with van der Waals surface area (Å²) in [6.07, 6.45) is 0. The fraction of sp³-hybridized carbons (Fsp3) is 0. The lowest BCUT2D eigenvalue weighted by atomic mass is 9.99. The summed E-state index contributed by atoms with van der Waals surface area (Å²) in [6.45, 7) is 0. The molecule has 0 unspecified atom stereocenters. The summed E-state index contributed by atoms with van der Waals surface area (Å²) in [4.78, 5) is 1.18. The molecule has 226 valence electrons. The molecule has 2 nitrogen and oxygen atoms in total. The van der Waals surface area contributed by atoms with Crippen molar-refractivity contribution in [2.75, 3.05) is 4.90 Å². The third kappa shape index (κ3) is 4.92. The van der Waals surface area contributed by atoms with Crippen molar-refractivity contribution in [1.29, 1.82) is 0 Å². The predicted molar refractivity (Wildman–Crippen MR) is 202 cm³/mol. The molecular formula is C46H31NO. The molecule has 0 bridgehead atoms. The van der Waals surface area contributed by atoms with Crippen LogP contribution in [0, 0.1) is 0 Å². The highest BCUT2D eigenvalue weighted by Crippen LogP contribution is 2.44. The van der Waals surface area contributed by atoms with Gasteiger partial charge in [-0.15, -0.1) is 0 Å². The standard InChI is InChI=1S/C46H31NO/c1-3-10-32(11-4-1)34-18-20-35(21-19-34)37-24-29-40(30-25-37)47(39-27-22-36(23-28-39)33-12-5-2-6-13-33)43-16-9-17-44-45(43)42-31-26-38-14-7-8-15-41(38)46(42)48-44/h1-31H/i2D,5D,6D,12D,13D,22D,23D,24D,25D,27D,28D,29D,30D. The SMILES string of the molecule is [2H]c1c([2H])c([2H])c(-c2c([2H])c([2H])c(N(c3c([2H])c([2H])c(-c4ccc(-c5ccccc5)cc4)c([2H])c3[2H])c3cccc4oc5c6ccccc6ccc5c34)c([2H])c2[2H])c([2H])c1[2H]. The number of benzene rings is 8. The summed E-state index contributed by atoms with van der Waals surface area (Å²) < 4.78 is 123. The second-order valence-corrected chi connectivity index (χ2v) is 11.1. The minimum atomic E-state index is -0.750. The highest BCUT2D eigenvalue weighted by molar-refractivity contribution is 6.19. The van der Waals surface area contributed by atoms with E-state index in [2.05, 4.69) is 0 Å². The second-order valence-electron chi connectivity index (χ2n) is 11.1. The molecular weight excluding hydrogens is 583 g/mol. The maximum Gasteiger partial charge on any atom is 0.143 e. The van der Waals surface area contributed by atoms with Gasteiger partial charge in [0.05, 0.1) is 28.9 Å². The van der Waals surface area contributed by atoms with Gasteiger partial charge in [0.25, 0.3) is 0 Å². The summed E-state index contributed by atoms with van der Waals surface area (Å²) in [5.74, 6) is 0. The van der Waals surface area contributed by atoms with E-state index in [1.54, 1.807) is 30.3 Å². The molecule has 9 rings (SSSR count). The van der Waals surface area contributed by atoms with Crippen LogP contribution in [0.2, 0.25) is 0 Å². The number of anilines is 3. The van der Waals surface area contributed by atoms with Crippen LogP contribution in [0.25, 0.3) is 66.1 Å². The molecule has 1 heterocycles. The van der Waals surface area contributed by atoms with Crippen LogP contribution in [-0.4, -0.2) is 0 Å². The van der Waals surface area contributed by atoms with Crippen LogP contribution in [0.3, 0.4) is 0 Å². The van der Waals surface area contributed by atoms with Gasteiger partial charge in [-0.05, 0) is 81.1 Å². The molecule has 0 radical (unpaired) electrons. The zero-order valence-electron chi connectivity index (χ0n) is 38.2. The molecule has 0 amide bonds. The fourth-order valence-corrected chi connectivity index (χ4v) is 6.01. The van der Waals surface area contributed by atoms with Crippen LogP contribution in [0.5, 0.6) is 0 Å². The van der Waals surface area contributed by atoms with Gasteiger partial charge >= 0.3 is 0 Å². The van der Waals surface area contributed by atoms with E-state index in [0.29, 0.717) is 27.5 Å². The van der Waals surface area contributed by atoms with Gasteiger partial charge in [0.15, 0.2) is 0 Å². The average molecular weight is 627 g/mol. The summed E-state index contributed by atoms with van der Waals surface area (Å²) in [5, 5.41) is 2.69. The Kier molecular flexibility index (Phi) is 4.29. The van der Waals surface area contributed by atoms with Crippen molar-refractivity contribution < 1.29 is 22.2 Å². The molecule has 0 aliphatic carbocycles. The summed E-state index contributed by atoms with van der Waals surface area (Å²) in [5.41, 5.74) is 1.36. The van der Waals surface area contributed by atoms with Gasteiger partial charge in [-0.1, -0.05) is 145 Å². The van der Waals surface area contributed by atoms with Crippen molar-refractivity contribution in [3.63, 3.8) is 0 Å². The van der Waals surface area contributed by atoms with Crippen LogP contribution >= 0.6 is 0 Å². The Labute approximate surface area is 298 Å². The number of fused-ring (bicyclic) bond motifs is 5. The normalized spacial score (nSPS) is 15.1. The van der Waals surface area contributed by atoms with E-state index in [1.165, 1.54) is 4.90 Å². The van der Waals surface area contributed by atoms with Crippen LogP contribution < -0.4 is 4.90 Å². The third-order valence-corrected chi connectivity index (χ3v) is 8.31. The van der Waals surface area contributed by atoms with Gasteiger partial charge in [-0.3, -0.25) is 0 Å². The number of hydrogen-bond acceptors (Lipinski definition) is 2. The Balaban J connectivity index is 1.35. The number of nitrogens with zero attached hydrogens (tertiary/aromatic N) is 1. The molecule has 0 saturated heterocycles. The number of hydrogen-bond donors (Lipinski definition) is 0. The Bertz CT molecular complexity index is 3210. The largest absolute Gasteiger partial charge is 0.455 e. The average Bonchev–Trinajstić information content (AvgIpc) is 3.67. The van der Waals surface area contributed by atoms with Gasteiger partial charge in [-0.25, -0.2) is 0 Å². The van der Waals surface area contributed by atoms with Crippen molar-refractivity contribution in [2.24, 2.45) is 0 Å². The molecule has 8 aromatic carbocycles. The monoisotopic (exact) mass is 626 g/mol. The first kappa shape index (κ1) is 17.5. The molecule has 0 N–H and O–H groups in total. The number of furan rings is 1. The molecule has 0 atom stereocenters. The van der Waals surface area contributed by atoms with E-state index < -0.39 is 95.4 Å². The first-order valence-corrected chi connectivity index (χ1v) is 15.3. The van der Waals surface area contributed by atoms with E-state index >= 15 is 0 Å². The molecule has 0 spiro atoms. The van der Waals surface area contributed by atoms with E-state index in [9.17, 15) is 11.0 Å². The molecule has 48 heavy (non-hydrogen) atoms. The topological polar surface area (TPSA) is 16.4 Å². The summed E-state index contributed by atoms with van der Waals surface area (Å²) in [6, 6.07) is 24.5. The van der Waals surface area contributed by atoms with E-state index in [-0.39, 0.29) is 16.9 Å². The number of rotatable bonds is 6. The van der Waals surface area contributed by atoms with E-state index in [4.69, 9.17) is 11.3 Å². The summed E-state index contributed by atoms with van der Waals surface area (Å²) in [7, 11) is 0. The van der Waals surface area contributed by atoms with Gasteiger partial charge < -0.3 is 9.32 Å². The smallest absolute Gasteiger partial charge is 0.143 e. The first-order valence-electron chi connectivity index (χ1n) is 21.8. The van der Waals surface area contributed by atoms with Gasteiger partial charge in [0, 0.05) is 22.1 Å². The summed E-state index contributed by atoms with van der Waals surface area (Å²) >= 11 is 0. The second kappa shape index (κ2) is 11.8. The van der Waals surface area contributed by atoms with Crippen LogP contribution in [-0.2, 0) is 0 Å². The Morgan fingerprint density at radius 3 is 1.71 bits per heavy atom. The lowest BCUT2D eigenvalue weighted by Gasteiger charge is -2.26. The molecule has 0 aliphatic heterocycles. The lowest BCUT2D eigenvalue weighted by molar-refractivity contribution is 0.672. The van der Waals surface area contributed by atoms with Crippen molar-refractivity contribution in [3.05, 3.63) is 188 Å². The zero-order valence-corrected chi connectivity index (χ0v) is 25.2. The minimum Gasteiger partial charge on any atom is -0.455 e. The van der Waals surface area contributed by atoms with E-state index in [1.807, 2.05) is 78.9 Å². The van der Waals surface area contributed by atoms with Gasteiger partial charge in [0.1, 0.15) is 11.2 Å². The Hall–Kier alpha value is -6.38.